The van der Waals surface area contributed by atoms with Crippen LogP contribution >= 0.6 is 0 Å². The molecule has 1 rings (SSSR count). The molecular formula is C16H22FNO2. The molecule has 20 heavy (non-hydrogen) atoms. The highest BCUT2D eigenvalue weighted by molar-refractivity contribution is 5.67. The van der Waals surface area contributed by atoms with Gasteiger partial charge in [0.05, 0.1) is 0 Å². The Kier molecular flexibility index (Phi) is 5.74. The van der Waals surface area contributed by atoms with Gasteiger partial charge in [-0.15, -0.1) is 0 Å². The Balaban J connectivity index is 2.34. The summed E-state index contributed by atoms with van der Waals surface area (Å²) < 4.78 is 18.0. The quantitative estimate of drug-likeness (QED) is 0.844. The number of benzene rings is 1. The van der Waals surface area contributed by atoms with Gasteiger partial charge in [0, 0.05) is 6.54 Å². The molecule has 0 aromatic heterocycles. The molecular weight excluding hydrogens is 257 g/mol. The highest BCUT2D eigenvalue weighted by Gasteiger charge is 2.15. The van der Waals surface area contributed by atoms with Crippen molar-refractivity contribution >= 4 is 12.2 Å². The van der Waals surface area contributed by atoms with Crippen LogP contribution in [0.2, 0.25) is 0 Å². The van der Waals surface area contributed by atoms with Gasteiger partial charge in [-0.05, 0) is 57.4 Å². The maximum Gasteiger partial charge on any atom is 0.407 e. The van der Waals surface area contributed by atoms with Gasteiger partial charge in [0.15, 0.2) is 0 Å². The first-order valence-electron chi connectivity index (χ1n) is 6.67. The zero-order valence-corrected chi connectivity index (χ0v) is 12.5. The topological polar surface area (TPSA) is 38.3 Å². The molecule has 1 amide bonds. The van der Waals surface area contributed by atoms with Gasteiger partial charge in [0.25, 0.3) is 0 Å². The van der Waals surface area contributed by atoms with Crippen molar-refractivity contribution in [1.29, 1.82) is 0 Å². The van der Waals surface area contributed by atoms with Crippen molar-refractivity contribution in [3.8, 4) is 0 Å². The number of ether oxygens (including phenoxy) is 1. The minimum atomic E-state index is -0.481. The average molecular weight is 279 g/mol. The van der Waals surface area contributed by atoms with Crippen molar-refractivity contribution in [3.63, 3.8) is 0 Å². The van der Waals surface area contributed by atoms with E-state index in [0.29, 0.717) is 13.0 Å². The van der Waals surface area contributed by atoms with E-state index >= 15 is 0 Å². The predicted molar refractivity (Wildman–Crippen MR) is 79.0 cm³/mol. The summed E-state index contributed by atoms with van der Waals surface area (Å²) in [5.41, 5.74) is 1.38. The van der Waals surface area contributed by atoms with Gasteiger partial charge in [0.1, 0.15) is 11.4 Å². The fourth-order valence-electron chi connectivity index (χ4n) is 1.61. The van der Waals surface area contributed by atoms with Crippen LogP contribution in [-0.4, -0.2) is 18.2 Å². The van der Waals surface area contributed by atoms with Crippen molar-refractivity contribution in [2.45, 2.75) is 39.7 Å². The number of nitrogens with one attached hydrogen (secondary N) is 1. The molecule has 0 heterocycles. The monoisotopic (exact) mass is 279 g/mol. The van der Waals surface area contributed by atoms with Crippen LogP contribution in [-0.2, 0) is 4.74 Å². The van der Waals surface area contributed by atoms with E-state index in [1.54, 1.807) is 6.07 Å². The summed E-state index contributed by atoms with van der Waals surface area (Å²) in [6, 6.07) is 4.67. The molecule has 0 saturated heterocycles. The summed E-state index contributed by atoms with van der Waals surface area (Å²) in [6.45, 7) is 7.84. The number of carbonyl (C=O) groups is 1. The summed E-state index contributed by atoms with van der Waals surface area (Å²) >= 11 is 0. The number of halogens is 1. The van der Waals surface area contributed by atoms with Crippen LogP contribution in [0.25, 0.3) is 6.08 Å². The lowest BCUT2D eigenvalue weighted by atomic mass is 10.1. The van der Waals surface area contributed by atoms with Crippen molar-refractivity contribution in [2.75, 3.05) is 6.54 Å². The molecule has 0 aliphatic heterocycles. The lowest BCUT2D eigenvalue weighted by Gasteiger charge is -2.19. The number of hydrogen-bond acceptors (Lipinski definition) is 2. The van der Waals surface area contributed by atoms with Crippen LogP contribution in [0, 0.1) is 12.7 Å². The van der Waals surface area contributed by atoms with Crippen molar-refractivity contribution < 1.29 is 13.9 Å². The van der Waals surface area contributed by atoms with E-state index in [0.717, 1.165) is 11.1 Å². The third-order valence-electron chi connectivity index (χ3n) is 2.51. The first-order chi connectivity index (χ1) is 9.28. The second-order valence-electron chi connectivity index (χ2n) is 5.62. The summed E-state index contributed by atoms with van der Waals surface area (Å²) in [7, 11) is 0. The van der Waals surface area contributed by atoms with Crippen LogP contribution in [0.3, 0.4) is 0 Å². The Labute approximate surface area is 119 Å². The van der Waals surface area contributed by atoms with Crippen LogP contribution in [0.15, 0.2) is 24.3 Å². The molecule has 3 nitrogen and oxygen atoms in total. The normalized spacial score (nSPS) is 11.7. The molecule has 0 radical (unpaired) electrons. The molecule has 0 saturated carbocycles. The Hall–Kier alpha value is -1.84. The third kappa shape index (κ3) is 6.36. The summed E-state index contributed by atoms with van der Waals surface area (Å²) in [4.78, 5) is 11.4. The largest absolute Gasteiger partial charge is 0.444 e. The summed E-state index contributed by atoms with van der Waals surface area (Å²) in [5.74, 6) is -0.230. The maximum absolute atomic E-state index is 12.9. The number of aryl methyl sites for hydroxylation is 1. The van der Waals surface area contributed by atoms with Gasteiger partial charge in [0.2, 0.25) is 0 Å². The summed E-state index contributed by atoms with van der Waals surface area (Å²) in [5, 5.41) is 2.68. The fourth-order valence-corrected chi connectivity index (χ4v) is 1.61. The first-order valence-corrected chi connectivity index (χ1v) is 6.67. The van der Waals surface area contributed by atoms with Crippen molar-refractivity contribution in [1.82, 2.24) is 5.32 Å². The Morgan fingerprint density at radius 2 is 2.10 bits per heavy atom. The fraction of sp³-hybridized carbons (Fsp3) is 0.438. The number of alkyl carbamates (subject to hydrolysis) is 1. The highest BCUT2D eigenvalue weighted by Crippen LogP contribution is 2.12. The third-order valence-corrected chi connectivity index (χ3v) is 2.51. The zero-order chi connectivity index (χ0) is 15.2. The molecule has 110 valence electrons. The Morgan fingerprint density at radius 3 is 2.70 bits per heavy atom. The second-order valence-corrected chi connectivity index (χ2v) is 5.62. The Morgan fingerprint density at radius 1 is 1.40 bits per heavy atom. The molecule has 0 fully saturated rings. The van der Waals surface area contributed by atoms with E-state index in [1.165, 1.54) is 12.1 Å². The standard InChI is InChI=1S/C16H22FNO2/c1-12-11-14(17)9-8-13(12)7-5-6-10-18-15(19)20-16(2,3)4/h5,7-9,11H,6,10H2,1-4H3,(H,18,19). The number of carbonyl (C=O) groups excluding carboxylic acids is 1. The molecule has 0 unspecified atom stereocenters. The number of hydrogen-bond donors (Lipinski definition) is 1. The van der Waals surface area contributed by atoms with E-state index < -0.39 is 11.7 Å². The highest BCUT2D eigenvalue weighted by atomic mass is 19.1. The van der Waals surface area contributed by atoms with Crippen LogP contribution in [0.1, 0.15) is 38.3 Å². The molecule has 4 heteroatoms. The molecule has 1 aromatic carbocycles. The molecule has 0 aliphatic rings. The first kappa shape index (κ1) is 16.2. The van der Waals surface area contributed by atoms with Crippen LogP contribution in [0.5, 0.6) is 0 Å². The molecule has 0 spiro atoms. The van der Waals surface area contributed by atoms with Crippen LogP contribution < -0.4 is 5.32 Å². The zero-order valence-electron chi connectivity index (χ0n) is 12.5. The van der Waals surface area contributed by atoms with Gasteiger partial charge in [-0.2, -0.15) is 0 Å². The molecule has 0 aliphatic carbocycles. The minimum absolute atomic E-state index is 0.230. The SMILES string of the molecule is Cc1cc(F)ccc1C=CCCNC(=O)OC(C)(C)C. The van der Waals surface area contributed by atoms with Gasteiger partial charge in [-0.25, -0.2) is 9.18 Å². The number of amides is 1. The smallest absolute Gasteiger partial charge is 0.407 e. The summed E-state index contributed by atoms with van der Waals surface area (Å²) in [6.07, 6.45) is 4.14. The minimum Gasteiger partial charge on any atom is -0.444 e. The van der Waals surface area contributed by atoms with E-state index in [4.69, 9.17) is 4.74 Å². The van der Waals surface area contributed by atoms with Gasteiger partial charge in [-0.1, -0.05) is 18.2 Å². The lowest BCUT2D eigenvalue weighted by Crippen LogP contribution is -2.32. The average Bonchev–Trinajstić information content (AvgIpc) is 2.28. The second kappa shape index (κ2) is 7.08. The lowest BCUT2D eigenvalue weighted by molar-refractivity contribution is 0.0529. The molecule has 0 atom stereocenters. The van der Waals surface area contributed by atoms with Gasteiger partial charge >= 0.3 is 6.09 Å². The maximum atomic E-state index is 12.9. The van der Waals surface area contributed by atoms with E-state index in [9.17, 15) is 9.18 Å². The molecule has 1 aromatic rings. The van der Waals surface area contributed by atoms with Crippen LogP contribution in [0.4, 0.5) is 9.18 Å². The Bertz CT molecular complexity index is 490. The molecule has 1 N–H and O–H groups in total. The molecule has 0 bridgehead atoms. The van der Waals surface area contributed by atoms with Gasteiger partial charge < -0.3 is 10.1 Å². The van der Waals surface area contributed by atoms with E-state index in [-0.39, 0.29) is 5.82 Å². The van der Waals surface area contributed by atoms with Crippen molar-refractivity contribution in [3.05, 3.63) is 41.2 Å². The predicted octanol–water partition coefficient (Wildman–Crippen LogP) is 4.06. The van der Waals surface area contributed by atoms with Gasteiger partial charge in [-0.3, -0.25) is 0 Å². The number of rotatable bonds is 4. The van der Waals surface area contributed by atoms with Crippen molar-refractivity contribution in [2.24, 2.45) is 0 Å². The van der Waals surface area contributed by atoms with E-state index in [2.05, 4.69) is 5.32 Å². The van der Waals surface area contributed by atoms with E-state index in [1.807, 2.05) is 39.8 Å².